The first-order chi connectivity index (χ1) is 5.40. The molecular weight excluding hydrogens is 172 g/mol. The minimum atomic E-state index is -2.45. The average Bonchev–Trinajstić information content (AvgIpc) is 2.46. The first kappa shape index (κ1) is 8.32. The van der Waals surface area contributed by atoms with Crippen molar-refractivity contribution in [2.45, 2.75) is 23.7 Å². The molecular formula is C5H8O7. The molecule has 4 atom stereocenters. The van der Waals surface area contributed by atoms with Gasteiger partial charge < -0.3 is 25.5 Å². The van der Waals surface area contributed by atoms with E-state index in [4.69, 9.17) is 20.4 Å². The summed E-state index contributed by atoms with van der Waals surface area (Å²) in [6, 6.07) is 0. The summed E-state index contributed by atoms with van der Waals surface area (Å²) in [6.07, 6.45) is -1.73. The summed E-state index contributed by atoms with van der Waals surface area (Å²) in [5.41, 5.74) is 0. The van der Waals surface area contributed by atoms with E-state index in [0.717, 1.165) is 0 Å². The van der Waals surface area contributed by atoms with E-state index in [9.17, 15) is 5.11 Å². The molecule has 0 bridgehead atoms. The topological polar surface area (TPSA) is 123 Å². The van der Waals surface area contributed by atoms with E-state index < -0.39 is 30.3 Å². The Hall–Kier alpha value is -0.280. The molecule has 2 aliphatic heterocycles. The Kier molecular flexibility index (Phi) is 1.25. The molecule has 2 heterocycles. The molecule has 0 aromatic carbocycles. The Morgan fingerprint density at radius 2 is 1.75 bits per heavy atom. The number of hydrogen-bond acceptors (Lipinski definition) is 7. The van der Waals surface area contributed by atoms with Gasteiger partial charge in [-0.1, -0.05) is 0 Å². The maximum Gasteiger partial charge on any atom is 0.349 e. The van der Waals surface area contributed by atoms with E-state index in [1.54, 1.807) is 0 Å². The lowest BCUT2D eigenvalue weighted by Gasteiger charge is -2.41. The molecule has 2 saturated heterocycles. The third-order valence-corrected chi connectivity index (χ3v) is 2.08. The molecule has 7 heteroatoms. The monoisotopic (exact) mass is 180 g/mol. The molecule has 1 unspecified atom stereocenters. The lowest BCUT2D eigenvalue weighted by Crippen LogP contribution is -2.70. The molecule has 0 aromatic heterocycles. The zero-order valence-electron chi connectivity index (χ0n) is 5.84. The maximum absolute atomic E-state index is 9.25. The fourth-order valence-electron chi connectivity index (χ4n) is 1.22. The van der Waals surface area contributed by atoms with Crippen LogP contribution in [0, 0.1) is 0 Å². The highest BCUT2D eigenvalue weighted by Gasteiger charge is 2.95. The SMILES string of the molecule is OC[C@@H](O)[C@@]1(O)OC2(O)O[C@]21O. The highest BCUT2D eigenvalue weighted by molar-refractivity contribution is 5.16. The second-order valence-electron chi connectivity index (χ2n) is 2.82. The van der Waals surface area contributed by atoms with Crippen LogP contribution >= 0.6 is 0 Å². The van der Waals surface area contributed by atoms with Crippen molar-refractivity contribution in [2.75, 3.05) is 6.61 Å². The van der Waals surface area contributed by atoms with Crippen LogP contribution in [0.25, 0.3) is 0 Å². The summed E-state index contributed by atoms with van der Waals surface area (Å²) in [4.78, 5) is 0. The van der Waals surface area contributed by atoms with Gasteiger partial charge in [0.2, 0.25) is 0 Å². The summed E-state index contributed by atoms with van der Waals surface area (Å²) < 4.78 is 8.48. The molecule has 0 amide bonds. The van der Waals surface area contributed by atoms with Gasteiger partial charge in [0, 0.05) is 0 Å². The summed E-state index contributed by atoms with van der Waals surface area (Å²) in [6.45, 7) is -0.821. The summed E-state index contributed by atoms with van der Waals surface area (Å²) in [7, 11) is 0. The van der Waals surface area contributed by atoms with Crippen molar-refractivity contribution in [3.63, 3.8) is 0 Å². The molecule has 70 valence electrons. The molecule has 0 spiro atoms. The number of rotatable bonds is 2. The number of fused-ring (bicyclic) bond motifs is 1. The zero-order valence-corrected chi connectivity index (χ0v) is 5.84. The van der Waals surface area contributed by atoms with Crippen LogP contribution in [0.3, 0.4) is 0 Å². The van der Waals surface area contributed by atoms with Crippen LogP contribution in [0.5, 0.6) is 0 Å². The molecule has 7 nitrogen and oxygen atoms in total. The molecule has 2 fully saturated rings. The number of hydrogen-bond donors (Lipinski definition) is 5. The highest BCUT2D eigenvalue weighted by atomic mass is 17.1. The first-order valence-electron chi connectivity index (χ1n) is 3.26. The summed E-state index contributed by atoms with van der Waals surface area (Å²) in [5.74, 6) is -6.99. The van der Waals surface area contributed by atoms with Crippen LogP contribution in [0.15, 0.2) is 0 Å². The van der Waals surface area contributed by atoms with Crippen LogP contribution in [-0.2, 0) is 9.47 Å². The van der Waals surface area contributed by atoms with Crippen molar-refractivity contribution in [1.29, 1.82) is 0 Å². The van der Waals surface area contributed by atoms with Crippen molar-refractivity contribution >= 4 is 0 Å². The smallest absolute Gasteiger partial charge is 0.349 e. The highest BCUT2D eigenvalue weighted by Crippen LogP contribution is 2.64. The van der Waals surface area contributed by atoms with E-state index in [-0.39, 0.29) is 0 Å². The molecule has 2 aliphatic rings. The Morgan fingerprint density at radius 3 is 2.00 bits per heavy atom. The lowest BCUT2D eigenvalue weighted by atomic mass is 9.97. The van der Waals surface area contributed by atoms with E-state index >= 15 is 0 Å². The van der Waals surface area contributed by atoms with E-state index in [2.05, 4.69) is 9.47 Å². The molecule has 5 N–H and O–H groups in total. The standard InChI is InChI=1S/C5H8O7/c6-1-2(7)3(8)4(9)5(10,11-3)12-4/h2,6-10H,1H2/t2-,3-,4+,5?/m1/s1. The van der Waals surface area contributed by atoms with Gasteiger partial charge >= 0.3 is 11.8 Å². The Labute approximate surface area is 66.4 Å². The van der Waals surface area contributed by atoms with Crippen LogP contribution < -0.4 is 0 Å². The van der Waals surface area contributed by atoms with Crippen LogP contribution in [-0.4, -0.2) is 55.8 Å². The van der Waals surface area contributed by atoms with Crippen molar-refractivity contribution in [3.05, 3.63) is 0 Å². The fourth-order valence-corrected chi connectivity index (χ4v) is 1.22. The van der Waals surface area contributed by atoms with Gasteiger partial charge in [0.1, 0.15) is 6.10 Å². The van der Waals surface area contributed by atoms with Gasteiger partial charge in [-0.3, -0.25) is 9.47 Å². The normalized spacial score (nSPS) is 58.8. The Bertz CT molecular complexity index is 232. The fraction of sp³-hybridized carbons (Fsp3) is 1.00. The third kappa shape index (κ3) is 0.579. The van der Waals surface area contributed by atoms with E-state index in [1.807, 2.05) is 0 Å². The van der Waals surface area contributed by atoms with E-state index in [1.165, 1.54) is 0 Å². The van der Waals surface area contributed by atoms with Crippen LogP contribution in [0.2, 0.25) is 0 Å². The van der Waals surface area contributed by atoms with Gasteiger partial charge in [0.05, 0.1) is 6.61 Å². The molecule has 2 rings (SSSR count). The second-order valence-corrected chi connectivity index (χ2v) is 2.82. The lowest BCUT2D eigenvalue weighted by molar-refractivity contribution is -0.456. The van der Waals surface area contributed by atoms with Crippen molar-refractivity contribution in [2.24, 2.45) is 0 Å². The van der Waals surface area contributed by atoms with Crippen LogP contribution in [0.1, 0.15) is 0 Å². The van der Waals surface area contributed by atoms with Gasteiger partial charge in [-0.25, -0.2) is 0 Å². The molecule has 12 heavy (non-hydrogen) atoms. The number of aliphatic hydroxyl groups is 5. The minimum absolute atomic E-state index is 0.821. The number of epoxide rings is 1. The zero-order chi connectivity index (χ0) is 9.20. The summed E-state index contributed by atoms with van der Waals surface area (Å²) in [5, 5.41) is 44.6. The predicted octanol–water partition coefficient (Wildman–Crippen LogP) is -3.58. The van der Waals surface area contributed by atoms with Crippen LogP contribution in [0.4, 0.5) is 0 Å². The van der Waals surface area contributed by atoms with Gasteiger partial charge in [-0.05, 0) is 0 Å². The van der Waals surface area contributed by atoms with Crippen molar-refractivity contribution < 1.29 is 35.0 Å². The molecule has 0 aliphatic carbocycles. The van der Waals surface area contributed by atoms with Crippen molar-refractivity contribution in [1.82, 2.24) is 0 Å². The Morgan fingerprint density at radius 1 is 1.17 bits per heavy atom. The van der Waals surface area contributed by atoms with Gasteiger partial charge in [-0.2, -0.15) is 0 Å². The van der Waals surface area contributed by atoms with Crippen molar-refractivity contribution in [3.8, 4) is 0 Å². The van der Waals surface area contributed by atoms with E-state index in [0.29, 0.717) is 0 Å². The predicted molar refractivity (Wildman–Crippen MR) is 30.1 cm³/mol. The number of aliphatic hydroxyl groups excluding tert-OH is 2. The molecule has 0 aromatic rings. The quantitative estimate of drug-likeness (QED) is 0.278. The largest absolute Gasteiger partial charge is 0.393 e. The minimum Gasteiger partial charge on any atom is -0.393 e. The Balaban J connectivity index is 2.17. The first-order valence-corrected chi connectivity index (χ1v) is 3.26. The second kappa shape index (κ2) is 1.80. The number of ether oxygens (including phenoxy) is 2. The average molecular weight is 180 g/mol. The van der Waals surface area contributed by atoms with Gasteiger partial charge in [-0.15, -0.1) is 0 Å². The van der Waals surface area contributed by atoms with Gasteiger partial charge in [0.15, 0.2) is 0 Å². The summed E-state index contributed by atoms with van der Waals surface area (Å²) >= 11 is 0. The maximum atomic E-state index is 9.25. The molecule has 0 radical (unpaired) electrons. The van der Waals surface area contributed by atoms with Gasteiger partial charge in [0.25, 0.3) is 5.79 Å². The molecule has 0 saturated carbocycles. The third-order valence-electron chi connectivity index (χ3n) is 2.08.